The zero-order chi connectivity index (χ0) is 15.1. The van der Waals surface area contributed by atoms with Crippen molar-refractivity contribution in [3.8, 4) is 5.75 Å². The van der Waals surface area contributed by atoms with E-state index in [0.717, 1.165) is 0 Å². The fourth-order valence-electron chi connectivity index (χ4n) is 1.85. The number of rotatable bonds is 4. The van der Waals surface area contributed by atoms with Crippen LogP contribution in [0.15, 0.2) is 16.6 Å². The minimum atomic E-state index is -1.02. The number of nitrogens with one attached hydrogen (secondary N) is 1. The number of alkyl halides is 2. The highest BCUT2D eigenvalue weighted by Gasteiger charge is 2.68. The molecule has 0 aliphatic heterocycles. The molecule has 1 aromatic carbocycles. The van der Waals surface area contributed by atoms with Gasteiger partial charge in [0.05, 0.1) is 22.2 Å². The molecule has 1 atom stereocenters. The van der Waals surface area contributed by atoms with E-state index < -0.39 is 9.75 Å². The van der Waals surface area contributed by atoms with Crippen LogP contribution in [0.4, 0.5) is 5.69 Å². The van der Waals surface area contributed by atoms with E-state index in [2.05, 4.69) is 21.2 Å². The molecule has 1 fully saturated rings. The second-order valence-corrected chi connectivity index (χ2v) is 7.64. The minimum Gasteiger partial charge on any atom is -0.491 e. The minimum absolute atomic E-state index is 0.252. The van der Waals surface area contributed by atoms with Crippen molar-refractivity contribution in [2.45, 2.75) is 24.6 Å². The Morgan fingerprint density at radius 1 is 1.50 bits per heavy atom. The van der Waals surface area contributed by atoms with Crippen molar-refractivity contribution in [1.82, 2.24) is 0 Å². The van der Waals surface area contributed by atoms with Gasteiger partial charge in [-0.3, -0.25) is 4.79 Å². The summed E-state index contributed by atoms with van der Waals surface area (Å²) in [5.74, 6) is 0.280. The fraction of sp³-hybridized carbons (Fsp3) is 0.462. The van der Waals surface area contributed by atoms with Crippen molar-refractivity contribution in [3.63, 3.8) is 0 Å². The van der Waals surface area contributed by atoms with Gasteiger partial charge in [-0.2, -0.15) is 0 Å². The second kappa shape index (κ2) is 5.56. The molecule has 0 radical (unpaired) electrons. The third kappa shape index (κ3) is 2.89. The number of ether oxygens (including phenoxy) is 1. The maximum absolute atomic E-state index is 12.3. The van der Waals surface area contributed by atoms with E-state index in [1.54, 1.807) is 19.1 Å². The molecule has 0 spiro atoms. The summed E-state index contributed by atoms with van der Waals surface area (Å²) in [6, 6.07) is 3.33. The Balaban J connectivity index is 2.27. The molecule has 7 heteroatoms. The number of hydrogen-bond donors (Lipinski definition) is 1. The molecule has 3 nitrogen and oxygen atoms in total. The molecule has 2 rings (SSSR count). The Bertz CT molecular complexity index is 565. The van der Waals surface area contributed by atoms with Gasteiger partial charge in [0.25, 0.3) is 0 Å². The molecular weight excluding hydrogens is 388 g/mol. The smallest absolute Gasteiger partial charge is 0.233 e. The molecule has 1 aliphatic carbocycles. The molecule has 0 aromatic heterocycles. The van der Waals surface area contributed by atoms with Crippen molar-refractivity contribution >= 4 is 62.3 Å². The number of carbonyl (C=O) groups is 1. The first-order valence-electron chi connectivity index (χ1n) is 6.02. The molecule has 1 aliphatic rings. The third-order valence-electron chi connectivity index (χ3n) is 3.30. The quantitative estimate of drug-likeness (QED) is 0.719. The highest BCUT2D eigenvalue weighted by Crippen LogP contribution is 2.64. The Hall–Kier alpha value is -0.160. The van der Waals surface area contributed by atoms with Crippen LogP contribution in [0.5, 0.6) is 5.75 Å². The van der Waals surface area contributed by atoms with Crippen molar-refractivity contribution in [3.05, 3.63) is 21.6 Å². The first kappa shape index (κ1) is 16.2. The van der Waals surface area contributed by atoms with Gasteiger partial charge in [-0.15, -0.1) is 23.2 Å². The summed E-state index contributed by atoms with van der Waals surface area (Å²) >= 11 is 21.4. The van der Waals surface area contributed by atoms with Crippen LogP contribution in [0.1, 0.15) is 20.3 Å². The molecule has 1 saturated carbocycles. The van der Waals surface area contributed by atoms with E-state index in [1.807, 2.05) is 6.92 Å². The van der Waals surface area contributed by atoms with Crippen LogP contribution < -0.4 is 10.1 Å². The van der Waals surface area contributed by atoms with Crippen LogP contribution in [0.2, 0.25) is 5.02 Å². The van der Waals surface area contributed by atoms with Crippen LogP contribution in [0, 0.1) is 5.41 Å². The van der Waals surface area contributed by atoms with Gasteiger partial charge in [0.15, 0.2) is 5.75 Å². The maximum atomic E-state index is 12.3. The van der Waals surface area contributed by atoms with E-state index in [9.17, 15) is 4.79 Å². The fourth-order valence-corrected chi connectivity index (χ4v) is 3.48. The Morgan fingerprint density at radius 3 is 2.60 bits per heavy atom. The number of anilines is 1. The number of benzene rings is 1. The Labute approximate surface area is 141 Å². The lowest BCUT2D eigenvalue weighted by Crippen LogP contribution is -2.26. The van der Waals surface area contributed by atoms with Crippen LogP contribution in [0.3, 0.4) is 0 Å². The Morgan fingerprint density at radius 2 is 2.10 bits per heavy atom. The lowest BCUT2D eigenvalue weighted by atomic mass is 10.1. The molecule has 1 amide bonds. The maximum Gasteiger partial charge on any atom is 0.233 e. The summed E-state index contributed by atoms with van der Waals surface area (Å²) in [5.41, 5.74) is -0.303. The molecule has 1 N–H and O–H groups in total. The highest BCUT2D eigenvalue weighted by atomic mass is 79.9. The molecular formula is C13H13BrCl3NO2. The summed E-state index contributed by atoms with van der Waals surface area (Å²) in [5, 5.41) is 3.27. The summed E-state index contributed by atoms with van der Waals surface area (Å²) in [6.07, 6.45) is 0.417. The van der Waals surface area contributed by atoms with E-state index in [-0.39, 0.29) is 5.91 Å². The predicted octanol–water partition coefficient (Wildman–Crippen LogP) is 5.02. The summed E-state index contributed by atoms with van der Waals surface area (Å²) in [7, 11) is 0. The zero-order valence-electron chi connectivity index (χ0n) is 10.9. The number of amides is 1. The monoisotopic (exact) mass is 399 g/mol. The van der Waals surface area contributed by atoms with Crippen LogP contribution in [0.25, 0.3) is 0 Å². The topological polar surface area (TPSA) is 38.3 Å². The molecule has 1 unspecified atom stereocenters. The van der Waals surface area contributed by atoms with E-state index in [1.165, 1.54) is 0 Å². The van der Waals surface area contributed by atoms with Crippen molar-refractivity contribution in [2.75, 3.05) is 11.9 Å². The zero-order valence-corrected chi connectivity index (χ0v) is 14.8. The van der Waals surface area contributed by atoms with Gasteiger partial charge < -0.3 is 10.1 Å². The van der Waals surface area contributed by atoms with Gasteiger partial charge in [-0.25, -0.2) is 0 Å². The van der Waals surface area contributed by atoms with Crippen LogP contribution >= 0.6 is 50.7 Å². The van der Waals surface area contributed by atoms with E-state index in [4.69, 9.17) is 39.5 Å². The lowest BCUT2D eigenvalue weighted by molar-refractivity contribution is -0.120. The first-order valence-corrected chi connectivity index (χ1v) is 7.95. The predicted molar refractivity (Wildman–Crippen MR) is 86.1 cm³/mol. The molecule has 0 saturated heterocycles. The van der Waals surface area contributed by atoms with Gasteiger partial charge in [0.2, 0.25) is 5.91 Å². The summed E-state index contributed by atoms with van der Waals surface area (Å²) < 4.78 is 5.18. The second-order valence-electron chi connectivity index (χ2n) is 4.86. The molecule has 0 heterocycles. The van der Waals surface area contributed by atoms with Crippen molar-refractivity contribution < 1.29 is 9.53 Å². The molecule has 0 bridgehead atoms. The number of hydrogen-bond acceptors (Lipinski definition) is 2. The summed E-state index contributed by atoms with van der Waals surface area (Å²) in [6.45, 7) is 4.05. The average molecular weight is 402 g/mol. The van der Waals surface area contributed by atoms with Crippen LogP contribution in [-0.4, -0.2) is 16.8 Å². The van der Waals surface area contributed by atoms with Gasteiger partial charge in [-0.05, 0) is 48.3 Å². The average Bonchev–Trinajstić information content (AvgIpc) is 2.84. The number of halogens is 4. The molecule has 20 heavy (non-hydrogen) atoms. The first-order chi connectivity index (χ1) is 9.21. The van der Waals surface area contributed by atoms with Crippen molar-refractivity contribution in [1.29, 1.82) is 0 Å². The SMILES string of the molecule is CCOc1c(Br)cc(Cl)cc1NC(=O)C1(C)CC1(Cl)Cl. The highest BCUT2D eigenvalue weighted by molar-refractivity contribution is 9.10. The largest absolute Gasteiger partial charge is 0.491 e. The van der Waals surface area contributed by atoms with Gasteiger partial charge in [0.1, 0.15) is 4.33 Å². The Kier molecular flexibility index (Phi) is 4.51. The van der Waals surface area contributed by atoms with Gasteiger partial charge in [0, 0.05) is 5.02 Å². The van der Waals surface area contributed by atoms with Crippen molar-refractivity contribution in [2.24, 2.45) is 5.41 Å². The number of carbonyl (C=O) groups excluding carboxylic acids is 1. The summed E-state index contributed by atoms with van der Waals surface area (Å²) in [4.78, 5) is 12.3. The third-order valence-corrected chi connectivity index (χ3v) is 5.21. The van der Waals surface area contributed by atoms with E-state index in [0.29, 0.717) is 34.0 Å². The van der Waals surface area contributed by atoms with E-state index >= 15 is 0 Å². The van der Waals surface area contributed by atoms with Crippen LogP contribution in [-0.2, 0) is 4.79 Å². The van der Waals surface area contributed by atoms with Gasteiger partial charge >= 0.3 is 0 Å². The molecule has 1 aromatic rings. The standard InChI is InChI=1S/C13H13BrCl3NO2/c1-3-20-10-8(14)4-7(15)5-9(10)18-11(19)12(2)6-13(12,16)17/h4-5H,3,6H2,1-2H3,(H,18,19). The normalized spacial score (nSPS) is 23.3. The molecule has 110 valence electrons. The van der Waals surface area contributed by atoms with Gasteiger partial charge in [-0.1, -0.05) is 11.6 Å². The lowest BCUT2D eigenvalue weighted by Gasteiger charge is -2.17.